The van der Waals surface area contributed by atoms with E-state index in [1.165, 1.54) is 47.9 Å². The van der Waals surface area contributed by atoms with Crippen molar-refractivity contribution in [2.45, 2.75) is 50.6 Å². The van der Waals surface area contributed by atoms with Gasteiger partial charge in [-0.3, -0.25) is 0 Å². The molecule has 0 radical (unpaired) electrons. The number of methoxy groups -OCH3 is 1. The molecule has 5 rings (SSSR count). The summed E-state index contributed by atoms with van der Waals surface area (Å²) in [6.45, 7) is 0.872. The Hall–Kier alpha value is 0.338. The summed E-state index contributed by atoms with van der Waals surface area (Å²) < 4.78 is 13.1. The Kier molecular flexibility index (Phi) is 8.08. The van der Waals surface area contributed by atoms with Gasteiger partial charge in [0.15, 0.2) is 0 Å². The largest absolute Gasteiger partial charge is 0.182 e. The van der Waals surface area contributed by atoms with Gasteiger partial charge in [-0.2, -0.15) is 1.33 Å². The molecule has 0 N–H and O–H groups in total. The van der Waals surface area contributed by atoms with Crippen molar-refractivity contribution < 1.29 is 24.1 Å². The maximum absolute atomic E-state index is 5.21. The molecule has 2 aromatic rings. The van der Waals surface area contributed by atoms with Crippen molar-refractivity contribution >= 4 is 45.7 Å². The minimum Gasteiger partial charge on any atom is -0.182 e. The number of hydrogen-bond donors (Lipinski definition) is 0. The second-order valence-corrected chi connectivity index (χ2v) is 12.4. The molecule has 0 saturated heterocycles. The van der Waals surface area contributed by atoms with Gasteiger partial charge in [0, 0.05) is 51.3 Å². The minimum absolute atomic E-state index is 0.593. The topological polar surface area (TPSA) is 22.3 Å². The molecule has 1 aromatic heterocycles. The third-order valence-electron chi connectivity index (χ3n) is 5.86. The molecule has 3 fully saturated rings. The van der Waals surface area contributed by atoms with Gasteiger partial charge >= 0.3 is 106 Å². The molecule has 0 amide bonds. The average molecular weight is 774 g/mol. The summed E-state index contributed by atoms with van der Waals surface area (Å²) in [6.07, 6.45) is 13.0. The molecule has 3 aliphatic rings. The van der Waals surface area contributed by atoms with Gasteiger partial charge in [-0.1, -0.05) is 0 Å². The summed E-state index contributed by atoms with van der Waals surface area (Å²) in [4.78, 5) is 0. The van der Waals surface area contributed by atoms with E-state index in [0.29, 0.717) is 5.54 Å². The predicted octanol–water partition coefficient (Wildman–Crippen LogP) is 5.67. The van der Waals surface area contributed by atoms with Crippen LogP contribution in [0.2, 0.25) is 0 Å². The number of aromatic nitrogens is 2. The number of halogens is 2. The zero-order valence-electron chi connectivity index (χ0n) is 15.8. The van der Waals surface area contributed by atoms with Crippen LogP contribution in [0.5, 0.6) is 5.75 Å². The van der Waals surface area contributed by atoms with E-state index in [2.05, 4.69) is 100 Å². The van der Waals surface area contributed by atoms with E-state index < -0.39 is 0 Å². The first kappa shape index (κ1) is 22.0. The fraction of sp³-hybridized carbons (Fsp3) is 0.550. The molecule has 0 unspecified atom stereocenters. The second kappa shape index (κ2) is 9.90. The SMILES string of the molecule is COc1cccc(Cn2ccn(C)[c]2=[Pt])c1.IN(I)C12CCC(CC1)CC2. The Balaban J connectivity index is 0.000000166. The van der Waals surface area contributed by atoms with Crippen LogP contribution in [0.4, 0.5) is 0 Å². The zero-order valence-corrected chi connectivity index (χ0v) is 22.4. The Morgan fingerprint density at radius 3 is 2.33 bits per heavy atom. The van der Waals surface area contributed by atoms with Crippen LogP contribution < -0.4 is 4.74 Å². The standard InChI is InChI=1S/C12H14N2O.C8H13I2N.Pt/c1-13-6-7-14(10-13)9-11-4-3-5-12(8-11)15-2;9-11(10)8-4-1-7(2-5-8)3-6-8;/h3-8H,9H2,1-2H3;7H,1-6H2;. The molecule has 0 aliphatic heterocycles. The third-order valence-corrected chi connectivity index (χ3v) is 9.36. The van der Waals surface area contributed by atoms with Crippen LogP contribution in [0.3, 0.4) is 0 Å². The zero-order chi connectivity index (χ0) is 19.4. The van der Waals surface area contributed by atoms with E-state index in [4.69, 9.17) is 4.74 Å². The molecule has 152 valence electrons. The van der Waals surface area contributed by atoms with Gasteiger partial charge in [0.2, 0.25) is 0 Å². The number of rotatable bonds is 4. The quantitative estimate of drug-likeness (QED) is 0.296. The number of imidazole rings is 1. The van der Waals surface area contributed by atoms with Gasteiger partial charge < -0.3 is 0 Å². The van der Waals surface area contributed by atoms with Crippen LogP contribution in [-0.4, -0.2) is 23.1 Å². The molecular weight excluding hydrogens is 747 g/mol. The van der Waals surface area contributed by atoms with Gasteiger partial charge in [0.1, 0.15) is 0 Å². The molecule has 1 heterocycles. The van der Waals surface area contributed by atoms with Crippen molar-refractivity contribution in [3.8, 4) is 5.75 Å². The third kappa shape index (κ3) is 5.48. The molecule has 7 heteroatoms. The summed E-state index contributed by atoms with van der Waals surface area (Å²) in [5.41, 5.74) is 1.84. The molecule has 2 bridgehead atoms. The van der Waals surface area contributed by atoms with Gasteiger partial charge in [0.25, 0.3) is 0 Å². The Labute approximate surface area is 201 Å². The molecular formula is C20H27I2N3OPt. The van der Waals surface area contributed by atoms with Crippen molar-refractivity contribution in [3.63, 3.8) is 0 Å². The first-order valence-electron chi connectivity index (χ1n) is 9.35. The molecule has 4 nitrogen and oxygen atoms in total. The van der Waals surface area contributed by atoms with Crippen molar-refractivity contribution in [2.24, 2.45) is 13.0 Å². The minimum atomic E-state index is 0.593. The number of nitrogens with zero attached hydrogens (tertiary/aromatic N) is 3. The van der Waals surface area contributed by atoms with Crippen molar-refractivity contribution in [1.29, 1.82) is 0 Å². The number of ether oxygens (including phenoxy) is 1. The first-order valence-corrected chi connectivity index (χ1v) is 12.4. The maximum atomic E-state index is 5.21. The summed E-state index contributed by atoms with van der Waals surface area (Å²) in [5.74, 6) is 1.99. The van der Waals surface area contributed by atoms with Crippen LogP contribution in [0.1, 0.15) is 44.1 Å². The van der Waals surface area contributed by atoms with E-state index >= 15 is 0 Å². The summed E-state index contributed by atoms with van der Waals surface area (Å²) in [6, 6.07) is 8.16. The van der Waals surface area contributed by atoms with Gasteiger partial charge in [-0.15, -0.1) is 0 Å². The van der Waals surface area contributed by atoms with Crippen LogP contribution in [0.25, 0.3) is 0 Å². The van der Waals surface area contributed by atoms with Crippen LogP contribution >= 0.6 is 45.7 Å². The number of aryl methyl sites for hydroxylation is 1. The smallest absolute Gasteiger partial charge is 0.0408 e. The maximum Gasteiger partial charge on any atom is 0.0408 e. The van der Waals surface area contributed by atoms with E-state index in [0.717, 1.165) is 18.2 Å². The van der Waals surface area contributed by atoms with E-state index in [1.807, 2.05) is 19.2 Å². The van der Waals surface area contributed by atoms with E-state index in [1.54, 1.807) is 7.11 Å². The average Bonchev–Trinajstić information content (AvgIpc) is 3.02. The summed E-state index contributed by atoms with van der Waals surface area (Å²) in [7, 11) is 3.74. The van der Waals surface area contributed by atoms with Crippen LogP contribution in [0, 0.1) is 9.72 Å². The van der Waals surface area contributed by atoms with Crippen molar-refractivity contribution in [1.82, 2.24) is 10.5 Å². The van der Waals surface area contributed by atoms with Crippen LogP contribution in [-0.2, 0) is 32.9 Å². The van der Waals surface area contributed by atoms with Crippen molar-refractivity contribution in [2.75, 3.05) is 7.11 Å². The van der Waals surface area contributed by atoms with Gasteiger partial charge in [-0.05, 0) is 44.4 Å². The Morgan fingerprint density at radius 1 is 1.19 bits per heavy atom. The fourth-order valence-electron chi connectivity index (χ4n) is 4.06. The molecule has 27 heavy (non-hydrogen) atoms. The van der Waals surface area contributed by atoms with Crippen molar-refractivity contribution in [3.05, 3.63) is 46.0 Å². The van der Waals surface area contributed by atoms with Crippen LogP contribution in [0.15, 0.2) is 36.7 Å². The monoisotopic (exact) mass is 774 g/mol. The first-order chi connectivity index (χ1) is 12.9. The Morgan fingerprint density at radius 2 is 1.85 bits per heavy atom. The summed E-state index contributed by atoms with van der Waals surface area (Å²) >= 11 is 7.24. The number of hydrogen-bond acceptors (Lipinski definition) is 2. The molecule has 0 spiro atoms. The molecule has 3 aliphatic carbocycles. The second-order valence-electron chi connectivity index (χ2n) is 7.57. The van der Waals surface area contributed by atoms with E-state index in [9.17, 15) is 0 Å². The predicted molar refractivity (Wildman–Crippen MR) is 123 cm³/mol. The van der Waals surface area contributed by atoms with Gasteiger partial charge in [0.05, 0.1) is 0 Å². The normalized spacial score (nSPS) is 23.9. The van der Waals surface area contributed by atoms with E-state index in [-0.39, 0.29) is 0 Å². The molecule has 0 atom stereocenters. The number of benzene rings is 1. The Bertz CT molecular complexity index is 796. The molecule has 1 aromatic carbocycles. The molecule has 3 saturated carbocycles. The van der Waals surface area contributed by atoms with Gasteiger partial charge in [-0.25, -0.2) is 0 Å². The fourth-order valence-corrected chi connectivity index (χ4v) is 6.02. The number of fused-ring (bicyclic) bond motifs is 3. The summed E-state index contributed by atoms with van der Waals surface area (Å²) in [5, 5.41) is 0.